The van der Waals surface area contributed by atoms with Gasteiger partial charge in [-0.3, -0.25) is 37.3 Å². The lowest BCUT2D eigenvalue weighted by Gasteiger charge is -2.21. The summed E-state index contributed by atoms with van der Waals surface area (Å²) in [5, 5.41) is 10.6. The summed E-state index contributed by atoms with van der Waals surface area (Å²) in [7, 11) is -9.91. The number of carbonyl (C=O) groups excluding carboxylic acids is 4. The zero-order valence-corrected chi connectivity index (χ0v) is 62.9. The van der Waals surface area contributed by atoms with Crippen LogP contribution in [-0.4, -0.2) is 96.7 Å². The molecule has 0 saturated heterocycles. The van der Waals surface area contributed by atoms with Crippen molar-refractivity contribution >= 4 is 39.5 Å². The summed E-state index contributed by atoms with van der Waals surface area (Å²) in [4.78, 5) is 72.8. The van der Waals surface area contributed by atoms with E-state index in [2.05, 4.69) is 34.6 Å². The van der Waals surface area contributed by atoms with Gasteiger partial charge in [-0.1, -0.05) is 343 Å². The lowest BCUT2D eigenvalue weighted by molar-refractivity contribution is -0.161. The van der Waals surface area contributed by atoms with Crippen molar-refractivity contribution in [3.63, 3.8) is 0 Å². The Morgan fingerprint density at radius 1 is 0.287 bits per heavy atom. The van der Waals surface area contributed by atoms with Crippen LogP contribution in [0.1, 0.15) is 394 Å². The maximum Gasteiger partial charge on any atom is 0.472 e. The number of carbonyl (C=O) groups is 4. The molecular formula is C75H146O17P2. The average Bonchev–Trinajstić information content (AvgIpc) is 1.32. The molecule has 0 aliphatic rings. The van der Waals surface area contributed by atoms with Crippen molar-refractivity contribution < 1.29 is 80.2 Å². The lowest BCUT2D eigenvalue weighted by atomic mass is 10.0. The van der Waals surface area contributed by atoms with Crippen LogP contribution < -0.4 is 0 Å². The maximum absolute atomic E-state index is 13.1. The van der Waals surface area contributed by atoms with Gasteiger partial charge < -0.3 is 33.8 Å². The van der Waals surface area contributed by atoms with E-state index in [0.717, 1.165) is 95.8 Å². The SMILES string of the molecule is CCCCCCCCCCCCCCCCCC(=O)O[C@H](COC(=O)CCCCCCCCCCCCC(C)C)COP(=O)(O)OC[C@@H](O)COP(=O)(O)OC[C@@H](COC(=O)CCCCCCCCCCCCCCC)OC(=O)CCCCCCCCCCCCCCC. The molecule has 0 aromatic rings. The predicted octanol–water partition coefficient (Wildman–Crippen LogP) is 22.1. The Kier molecular flexibility index (Phi) is 66.8. The Hall–Kier alpha value is -1.94. The first-order valence-corrected chi connectivity index (χ1v) is 42.1. The molecule has 0 fully saturated rings. The smallest absolute Gasteiger partial charge is 0.462 e. The van der Waals surface area contributed by atoms with Crippen molar-refractivity contribution in [1.82, 2.24) is 0 Å². The normalized spacial score (nSPS) is 14.0. The largest absolute Gasteiger partial charge is 0.472 e. The van der Waals surface area contributed by atoms with E-state index in [-0.39, 0.29) is 25.7 Å². The summed E-state index contributed by atoms with van der Waals surface area (Å²) in [5.41, 5.74) is 0. The van der Waals surface area contributed by atoms with Gasteiger partial charge in [0, 0.05) is 25.7 Å². The molecule has 0 saturated carbocycles. The third kappa shape index (κ3) is 68.6. The van der Waals surface area contributed by atoms with Gasteiger partial charge in [0.1, 0.15) is 19.3 Å². The van der Waals surface area contributed by atoms with Crippen molar-refractivity contribution in [2.75, 3.05) is 39.6 Å². The lowest BCUT2D eigenvalue weighted by Crippen LogP contribution is -2.30. The molecular weight excluding hydrogens is 1230 g/mol. The molecule has 2 unspecified atom stereocenters. The van der Waals surface area contributed by atoms with E-state index in [1.807, 2.05) is 0 Å². The molecule has 0 heterocycles. The van der Waals surface area contributed by atoms with Gasteiger partial charge in [0.05, 0.1) is 26.4 Å². The van der Waals surface area contributed by atoms with Gasteiger partial charge in [-0.2, -0.15) is 0 Å². The number of rotatable bonds is 75. The highest BCUT2D eigenvalue weighted by atomic mass is 31.2. The number of phosphoric acid groups is 2. The Labute approximate surface area is 575 Å². The van der Waals surface area contributed by atoms with Gasteiger partial charge >= 0.3 is 39.5 Å². The van der Waals surface area contributed by atoms with Crippen LogP contribution >= 0.6 is 15.6 Å². The van der Waals surface area contributed by atoms with E-state index < -0.39 is 97.5 Å². The number of hydrogen-bond donors (Lipinski definition) is 3. The third-order valence-electron chi connectivity index (χ3n) is 17.5. The van der Waals surface area contributed by atoms with Gasteiger partial charge in [-0.15, -0.1) is 0 Å². The van der Waals surface area contributed by atoms with Crippen LogP contribution in [-0.2, 0) is 65.4 Å². The number of aliphatic hydroxyl groups is 1. The number of esters is 4. The van der Waals surface area contributed by atoms with Crippen LogP contribution in [0.2, 0.25) is 0 Å². The van der Waals surface area contributed by atoms with Crippen LogP contribution in [0.15, 0.2) is 0 Å². The molecule has 0 aromatic heterocycles. The van der Waals surface area contributed by atoms with Crippen molar-refractivity contribution in [3.05, 3.63) is 0 Å². The minimum absolute atomic E-state index is 0.108. The second-order valence-electron chi connectivity index (χ2n) is 27.5. The first kappa shape index (κ1) is 92.1. The Bertz CT molecular complexity index is 1810. The minimum atomic E-state index is -4.95. The molecule has 0 bridgehead atoms. The maximum atomic E-state index is 13.1. The molecule has 0 aromatic carbocycles. The van der Waals surface area contributed by atoms with Crippen molar-refractivity contribution in [2.24, 2.45) is 5.92 Å². The van der Waals surface area contributed by atoms with Gasteiger partial charge in [0.25, 0.3) is 0 Å². The molecule has 19 heteroatoms. The number of hydrogen-bond acceptors (Lipinski definition) is 15. The van der Waals surface area contributed by atoms with Crippen LogP contribution in [0.4, 0.5) is 0 Å². The summed E-state index contributed by atoms with van der Waals surface area (Å²) in [6.45, 7) is 7.29. The summed E-state index contributed by atoms with van der Waals surface area (Å²) in [5.74, 6) is -1.35. The zero-order chi connectivity index (χ0) is 69.1. The van der Waals surface area contributed by atoms with Crippen LogP contribution in [0.3, 0.4) is 0 Å². The van der Waals surface area contributed by atoms with Crippen molar-refractivity contribution in [1.29, 1.82) is 0 Å². The fraction of sp³-hybridized carbons (Fsp3) is 0.947. The molecule has 3 N–H and O–H groups in total. The molecule has 17 nitrogen and oxygen atoms in total. The fourth-order valence-corrected chi connectivity index (χ4v) is 13.1. The first-order chi connectivity index (χ1) is 45.5. The molecule has 0 amide bonds. The average molecular weight is 1380 g/mol. The quantitative estimate of drug-likeness (QED) is 0.0222. The molecule has 0 radical (unpaired) electrons. The van der Waals surface area contributed by atoms with Crippen LogP contribution in [0.25, 0.3) is 0 Å². The summed E-state index contributed by atoms with van der Waals surface area (Å²) in [6.07, 6.45) is 56.6. The molecule has 0 rings (SSSR count). The first-order valence-electron chi connectivity index (χ1n) is 39.1. The number of unbranched alkanes of at least 4 members (excludes halogenated alkanes) is 47. The van der Waals surface area contributed by atoms with E-state index in [4.69, 9.17) is 37.0 Å². The van der Waals surface area contributed by atoms with Gasteiger partial charge in [-0.25, -0.2) is 9.13 Å². The number of ether oxygens (including phenoxy) is 4. The third-order valence-corrected chi connectivity index (χ3v) is 19.4. The highest BCUT2D eigenvalue weighted by Gasteiger charge is 2.30. The van der Waals surface area contributed by atoms with Gasteiger partial charge in [-0.05, 0) is 31.6 Å². The van der Waals surface area contributed by atoms with E-state index >= 15 is 0 Å². The predicted molar refractivity (Wildman–Crippen MR) is 382 cm³/mol. The summed E-state index contributed by atoms with van der Waals surface area (Å²) < 4.78 is 68.5. The second kappa shape index (κ2) is 68.2. The molecule has 0 spiro atoms. The van der Waals surface area contributed by atoms with Crippen molar-refractivity contribution in [2.45, 2.75) is 412 Å². The highest BCUT2D eigenvalue weighted by Crippen LogP contribution is 2.45. The van der Waals surface area contributed by atoms with E-state index in [1.165, 1.54) is 218 Å². The minimum Gasteiger partial charge on any atom is -0.462 e. The Morgan fingerprint density at radius 3 is 0.723 bits per heavy atom. The van der Waals surface area contributed by atoms with E-state index in [9.17, 15) is 43.2 Å². The standard InChI is InChI=1S/C75H146O17P2/c1-6-9-12-15-18-21-24-27-28-31-34-41-46-51-56-61-75(80)92-71(65-86-73(78)59-54-49-44-39-36-35-37-42-47-52-57-68(4)5)67-90-94(83,84)88-63-69(76)62-87-93(81,82)89-66-70(91-74(79)60-55-50-45-40-33-30-26-23-20-17-14-11-8-3)64-85-72(77)58-53-48-43-38-32-29-25-22-19-16-13-10-7-2/h68-71,76H,6-67H2,1-5H3,(H,81,82)(H,83,84)/t69-,70+,71+/m0/s1. The van der Waals surface area contributed by atoms with Gasteiger partial charge in [0.2, 0.25) is 0 Å². The summed E-state index contributed by atoms with van der Waals surface area (Å²) >= 11 is 0. The second-order valence-corrected chi connectivity index (χ2v) is 30.4. The summed E-state index contributed by atoms with van der Waals surface area (Å²) in [6, 6.07) is 0. The molecule has 5 atom stereocenters. The topological polar surface area (TPSA) is 237 Å². The van der Waals surface area contributed by atoms with Crippen LogP contribution in [0, 0.1) is 5.92 Å². The fourth-order valence-electron chi connectivity index (χ4n) is 11.5. The van der Waals surface area contributed by atoms with E-state index in [1.54, 1.807) is 0 Å². The molecule has 0 aliphatic carbocycles. The van der Waals surface area contributed by atoms with Gasteiger partial charge in [0.15, 0.2) is 12.2 Å². The molecule has 558 valence electrons. The molecule has 0 aliphatic heterocycles. The molecule has 94 heavy (non-hydrogen) atoms. The van der Waals surface area contributed by atoms with Crippen molar-refractivity contribution in [3.8, 4) is 0 Å². The number of phosphoric ester groups is 2. The zero-order valence-electron chi connectivity index (χ0n) is 61.1. The monoisotopic (exact) mass is 1380 g/mol. The highest BCUT2D eigenvalue weighted by molar-refractivity contribution is 7.47. The Morgan fingerprint density at radius 2 is 0.489 bits per heavy atom. The van der Waals surface area contributed by atoms with Crippen LogP contribution in [0.5, 0.6) is 0 Å². The van der Waals surface area contributed by atoms with E-state index in [0.29, 0.717) is 25.7 Å². The Balaban J connectivity index is 5.26. The number of aliphatic hydroxyl groups excluding tert-OH is 1.